The highest BCUT2D eigenvalue weighted by molar-refractivity contribution is 8.01. The van der Waals surface area contributed by atoms with E-state index in [2.05, 4.69) is 33.5 Å². The number of para-hydroxylation sites is 1. The third-order valence-electron chi connectivity index (χ3n) is 5.95. The van der Waals surface area contributed by atoms with E-state index in [0.29, 0.717) is 5.92 Å². The maximum atomic E-state index is 9.10. The largest absolute Gasteiger partial charge is 0.473 e. The van der Waals surface area contributed by atoms with Gasteiger partial charge in [-0.05, 0) is 62.6 Å². The van der Waals surface area contributed by atoms with Gasteiger partial charge in [-0.1, -0.05) is 23.9 Å². The predicted octanol–water partition coefficient (Wildman–Crippen LogP) is 4.78. The Morgan fingerprint density at radius 3 is 2.38 bits per heavy atom. The lowest BCUT2D eigenvalue weighted by Crippen LogP contribution is -2.46. The molecule has 0 aliphatic carbocycles. The number of hydrogen-bond acceptors (Lipinski definition) is 10. The lowest BCUT2D eigenvalue weighted by molar-refractivity contribution is -0.159. The molecule has 34 heavy (non-hydrogen) atoms. The molecule has 0 spiro atoms. The average Bonchev–Trinajstić information content (AvgIpc) is 3.49. The minimum atomic E-state index is -1.82. The molecule has 8 nitrogen and oxygen atoms in total. The number of aromatic nitrogens is 3. The van der Waals surface area contributed by atoms with Gasteiger partial charge in [0.15, 0.2) is 4.34 Å². The van der Waals surface area contributed by atoms with E-state index in [9.17, 15) is 0 Å². The molecule has 3 aromatic rings. The van der Waals surface area contributed by atoms with Gasteiger partial charge in [-0.25, -0.2) is 14.6 Å². The van der Waals surface area contributed by atoms with E-state index < -0.39 is 11.9 Å². The number of benzene rings is 1. The van der Waals surface area contributed by atoms with Crippen LogP contribution in [0.1, 0.15) is 37.3 Å². The molecule has 0 saturated carbocycles. The van der Waals surface area contributed by atoms with Gasteiger partial charge in [-0.3, -0.25) is 0 Å². The second-order valence-electron chi connectivity index (χ2n) is 8.16. The van der Waals surface area contributed by atoms with Crippen LogP contribution in [0.15, 0.2) is 33.6 Å². The third-order valence-corrected chi connectivity index (χ3v) is 9.94. The van der Waals surface area contributed by atoms with E-state index in [4.69, 9.17) is 29.2 Å². The summed E-state index contributed by atoms with van der Waals surface area (Å²) in [6.45, 7) is 3.77. The van der Waals surface area contributed by atoms with Gasteiger partial charge >= 0.3 is 11.9 Å². The van der Waals surface area contributed by atoms with E-state index >= 15 is 0 Å². The number of hydrogen-bond donors (Lipinski definition) is 2. The second kappa shape index (κ2) is 12.3. The quantitative estimate of drug-likeness (QED) is 0.236. The van der Waals surface area contributed by atoms with E-state index in [1.165, 1.54) is 76.8 Å². The van der Waals surface area contributed by atoms with Crippen LogP contribution in [-0.4, -0.2) is 71.9 Å². The molecule has 2 N–H and O–H groups in total. The number of thiazole rings is 1. The molecule has 0 amide bonds. The molecule has 0 radical (unpaired) electrons. The fourth-order valence-electron chi connectivity index (χ4n) is 4.23. The van der Waals surface area contributed by atoms with Gasteiger partial charge in [0.2, 0.25) is 0 Å². The van der Waals surface area contributed by atoms with Crippen LogP contribution in [0.3, 0.4) is 0 Å². The third kappa shape index (κ3) is 6.69. The molecule has 2 bridgehead atoms. The summed E-state index contributed by atoms with van der Waals surface area (Å²) in [7, 11) is 0. The Morgan fingerprint density at radius 1 is 1.03 bits per heavy atom. The molecule has 3 aliphatic rings. The van der Waals surface area contributed by atoms with E-state index in [1.807, 2.05) is 34.9 Å². The first-order chi connectivity index (χ1) is 16.5. The van der Waals surface area contributed by atoms with Crippen molar-refractivity contribution in [1.29, 1.82) is 0 Å². The highest BCUT2D eigenvalue weighted by atomic mass is 32.2. The maximum Gasteiger partial charge on any atom is 0.414 e. The Morgan fingerprint density at radius 2 is 1.74 bits per heavy atom. The number of carboxylic acids is 2. The summed E-state index contributed by atoms with van der Waals surface area (Å²) in [5, 5.41) is 16.0. The summed E-state index contributed by atoms with van der Waals surface area (Å²) in [4.78, 5) is 25.5. The van der Waals surface area contributed by atoms with Crippen molar-refractivity contribution in [3.8, 4) is 0 Å². The van der Waals surface area contributed by atoms with Crippen molar-refractivity contribution >= 4 is 68.7 Å². The molecule has 5 heterocycles. The standard InChI is InChI=1S/C20H24N4S4.C2H2O4/c1-2-6-17-16(5-1)21-20(27-17)26-12-4-3-11-25-19-18(22-28-23-19)15-13-24-9-7-14(15)8-10-24;3-1(4)2(5)6/h1-2,5-6,14-15H,3-4,7-13H2;(H,3,4)(H,5,6). The molecule has 1 aromatic carbocycles. The summed E-state index contributed by atoms with van der Waals surface area (Å²) < 4.78 is 11.8. The van der Waals surface area contributed by atoms with Crippen molar-refractivity contribution in [2.24, 2.45) is 5.92 Å². The molecule has 3 aliphatic heterocycles. The smallest absolute Gasteiger partial charge is 0.414 e. The Hall–Kier alpha value is -1.73. The molecular formula is C22H26N4O4S4. The lowest BCUT2D eigenvalue weighted by Gasteiger charge is -2.44. The molecule has 3 saturated heterocycles. The first kappa shape index (κ1) is 25.4. The number of unbranched alkanes of at least 4 members (excludes halogenated alkanes) is 1. The normalized spacial score (nSPS) is 21.2. The highest BCUT2D eigenvalue weighted by Gasteiger charge is 2.37. The number of nitrogens with zero attached hydrogens (tertiary/aromatic N) is 4. The monoisotopic (exact) mass is 538 g/mol. The zero-order valence-corrected chi connectivity index (χ0v) is 21.7. The van der Waals surface area contributed by atoms with Crippen molar-refractivity contribution in [3.05, 3.63) is 30.0 Å². The summed E-state index contributed by atoms with van der Waals surface area (Å²) in [6, 6.07) is 8.40. The van der Waals surface area contributed by atoms with Crippen LogP contribution in [0.25, 0.3) is 10.2 Å². The van der Waals surface area contributed by atoms with Gasteiger partial charge in [0.05, 0.1) is 27.6 Å². The molecule has 1 atom stereocenters. The van der Waals surface area contributed by atoms with Crippen LogP contribution in [0.2, 0.25) is 0 Å². The van der Waals surface area contributed by atoms with Gasteiger partial charge < -0.3 is 15.1 Å². The number of aliphatic carboxylic acids is 2. The first-order valence-corrected chi connectivity index (χ1v) is 14.6. The molecule has 182 valence electrons. The van der Waals surface area contributed by atoms with Gasteiger partial charge in [0.1, 0.15) is 5.03 Å². The SMILES string of the molecule is O=C(O)C(=O)O.c1ccc2sc(SCCCCSc3nsnc3C3CN4CCC3CC4)nc2c1. The van der Waals surface area contributed by atoms with Crippen molar-refractivity contribution in [2.75, 3.05) is 31.1 Å². The van der Waals surface area contributed by atoms with Crippen molar-refractivity contribution in [3.63, 3.8) is 0 Å². The van der Waals surface area contributed by atoms with E-state index in [1.54, 1.807) is 0 Å². The average molecular weight is 539 g/mol. The molecule has 3 fully saturated rings. The fourth-order valence-corrected chi connectivity index (χ4v) is 8.15. The zero-order valence-electron chi connectivity index (χ0n) is 18.5. The minimum Gasteiger partial charge on any atom is -0.473 e. The van der Waals surface area contributed by atoms with Crippen LogP contribution in [0, 0.1) is 5.92 Å². The summed E-state index contributed by atoms with van der Waals surface area (Å²) >= 11 is 7.03. The van der Waals surface area contributed by atoms with Crippen molar-refractivity contribution in [1.82, 2.24) is 18.6 Å². The van der Waals surface area contributed by atoms with Crippen LogP contribution < -0.4 is 0 Å². The van der Waals surface area contributed by atoms with Crippen molar-refractivity contribution in [2.45, 2.75) is 41.0 Å². The molecular weight excluding hydrogens is 513 g/mol. The van der Waals surface area contributed by atoms with E-state index in [0.717, 1.165) is 22.9 Å². The fraction of sp³-hybridized carbons (Fsp3) is 0.500. The molecule has 12 heteroatoms. The summed E-state index contributed by atoms with van der Waals surface area (Å²) in [5.74, 6) is 0.0871. The number of thioether (sulfide) groups is 2. The molecule has 1 unspecified atom stereocenters. The van der Waals surface area contributed by atoms with Crippen LogP contribution in [0.5, 0.6) is 0 Å². The lowest BCUT2D eigenvalue weighted by atomic mass is 9.78. The highest BCUT2D eigenvalue weighted by Crippen LogP contribution is 2.41. The first-order valence-electron chi connectivity index (χ1n) is 11.1. The number of rotatable bonds is 8. The van der Waals surface area contributed by atoms with Gasteiger partial charge in [0, 0.05) is 18.2 Å². The predicted molar refractivity (Wildman–Crippen MR) is 137 cm³/mol. The van der Waals surface area contributed by atoms with E-state index in [-0.39, 0.29) is 0 Å². The Kier molecular flexibility index (Phi) is 9.17. The van der Waals surface area contributed by atoms with Gasteiger partial charge in [0.25, 0.3) is 0 Å². The zero-order chi connectivity index (χ0) is 23.9. The van der Waals surface area contributed by atoms with Crippen LogP contribution >= 0.6 is 46.6 Å². The van der Waals surface area contributed by atoms with Crippen LogP contribution in [0.4, 0.5) is 0 Å². The topological polar surface area (TPSA) is 117 Å². The minimum absolute atomic E-state index is 0.623. The molecule has 6 rings (SSSR count). The van der Waals surface area contributed by atoms with Gasteiger partial charge in [-0.15, -0.1) is 23.1 Å². The summed E-state index contributed by atoms with van der Waals surface area (Å²) in [6.07, 6.45) is 5.13. The molecule has 2 aromatic heterocycles. The Balaban J connectivity index is 0.000000408. The Bertz CT molecular complexity index is 1070. The number of piperidine rings is 3. The maximum absolute atomic E-state index is 9.10. The van der Waals surface area contributed by atoms with Crippen LogP contribution in [-0.2, 0) is 9.59 Å². The van der Waals surface area contributed by atoms with Gasteiger partial charge in [-0.2, -0.15) is 8.75 Å². The van der Waals surface area contributed by atoms with Crippen molar-refractivity contribution < 1.29 is 19.8 Å². The number of carbonyl (C=O) groups is 2. The number of carboxylic acid groups (broad SMARTS) is 2. The Labute approximate surface area is 214 Å². The number of fused-ring (bicyclic) bond motifs is 4. The second-order valence-corrected chi connectivity index (χ2v) is 12.1. The summed E-state index contributed by atoms with van der Waals surface area (Å²) in [5.41, 5.74) is 2.43.